The summed E-state index contributed by atoms with van der Waals surface area (Å²) in [6.45, 7) is 0.0621. The van der Waals surface area contributed by atoms with Crippen molar-refractivity contribution >= 4 is 23.5 Å². The molecule has 0 unspecified atom stereocenters. The van der Waals surface area contributed by atoms with Gasteiger partial charge in [0.25, 0.3) is 11.8 Å². The Kier molecular flexibility index (Phi) is 6.75. The molecular formula is C20H21N3O6. The predicted octanol–water partition coefficient (Wildman–Crippen LogP) is 0.854. The number of esters is 1. The summed E-state index contributed by atoms with van der Waals surface area (Å²) >= 11 is 0. The van der Waals surface area contributed by atoms with Crippen LogP contribution >= 0.6 is 0 Å². The predicted molar refractivity (Wildman–Crippen MR) is 102 cm³/mol. The van der Waals surface area contributed by atoms with Crippen molar-refractivity contribution in [3.05, 3.63) is 54.4 Å². The summed E-state index contributed by atoms with van der Waals surface area (Å²) in [5.41, 5.74) is 0.896. The third kappa shape index (κ3) is 5.08. The monoisotopic (exact) mass is 399 g/mol. The summed E-state index contributed by atoms with van der Waals surface area (Å²) in [6.07, 6.45) is 1.80. The molecule has 2 heterocycles. The lowest BCUT2D eigenvalue weighted by Gasteiger charge is -2.29. The van der Waals surface area contributed by atoms with Crippen molar-refractivity contribution in [3.8, 4) is 5.75 Å². The summed E-state index contributed by atoms with van der Waals surface area (Å²) in [5.74, 6) is -1.10. The van der Waals surface area contributed by atoms with Crippen molar-refractivity contribution in [1.29, 1.82) is 0 Å². The standard InChI is InChI=1S/C20H21N3O6/c1-27-10-9-22-20(26)19(14-5-4-8-21-11-14)29-18(25)12-23-15-6-2-3-7-16(15)28-13-17(23)24/h2-8,11,19H,9-10,12-13H2,1H3,(H,22,26)/t19-/m1/s1. The van der Waals surface area contributed by atoms with Crippen LogP contribution in [-0.4, -0.2) is 56.2 Å². The number of rotatable bonds is 8. The molecule has 0 bridgehead atoms. The van der Waals surface area contributed by atoms with Crippen LogP contribution in [0, 0.1) is 0 Å². The van der Waals surface area contributed by atoms with Gasteiger partial charge in [-0.2, -0.15) is 0 Å². The third-order valence-corrected chi connectivity index (χ3v) is 4.18. The maximum atomic E-state index is 12.6. The molecule has 2 amide bonds. The van der Waals surface area contributed by atoms with Crippen LogP contribution in [0.4, 0.5) is 5.69 Å². The fraction of sp³-hybridized carbons (Fsp3) is 0.300. The smallest absolute Gasteiger partial charge is 0.327 e. The van der Waals surface area contributed by atoms with Crippen LogP contribution in [0.3, 0.4) is 0 Å². The van der Waals surface area contributed by atoms with Gasteiger partial charge in [0.15, 0.2) is 6.61 Å². The fourth-order valence-corrected chi connectivity index (χ4v) is 2.80. The number of ether oxygens (including phenoxy) is 3. The van der Waals surface area contributed by atoms with Crippen molar-refractivity contribution in [2.45, 2.75) is 6.10 Å². The summed E-state index contributed by atoms with van der Waals surface area (Å²) < 4.78 is 15.7. The zero-order valence-electron chi connectivity index (χ0n) is 15.9. The van der Waals surface area contributed by atoms with Gasteiger partial charge in [0.2, 0.25) is 6.10 Å². The Hall–Kier alpha value is -3.46. The number of nitrogens with zero attached hydrogens (tertiary/aromatic N) is 2. The van der Waals surface area contributed by atoms with Crippen LogP contribution in [0.5, 0.6) is 5.75 Å². The van der Waals surface area contributed by atoms with Gasteiger partial charge >= 0.3 is 5.97 Å². The second-order valence-corrected chi connectivity index (χ2v) is 6.18. The van der Waals surface area contributed by atoms with Gasteiger partial charge in [-0.05, 0) is 18.2 Å². The van der Waals surface area contributed by atoms with E-state index in [-0.39, 0.29) is 25.6 Å². The zero-order chi connectivity index (χ0) is 20.6. The number of carbonyl (C=O) groups is 3. The van der Waals surface area contributed by atoms with Crippen molar-refractivity contribution in [1.82, 2.24) is 10.3 Å². The molecule has 1 N–H and O–H groups in total. The number of benzene rings is 1. The second kappa shape index (κ2) is 9.65. The largest absolute Gasteiger partial charge is 0.482 e. The Morgan fingerprint density at radius 3 is 2.86 bits per heavy atom. The maximum absolute atomic E-state index is 12.6. The van der Waals surface area contributed by atoms with E-state index in [0.29, 0.717) is 23.6 Å². The second-order valence-electron chi connectivity index (χ2n) is 6.18. The molecule has 1 aromatic heterocycles. The number of carbonyl (C=O) groups excluding carboxylic acids is 3. The number of aromatic nitrogens is 1. The van der Waals surface area contributed by atoms with Crippen LogP contribution in [0.1, 0.15) is 11.7 Å². The molecule has 9 nitrogen and oxygen atoms in total. The highest BCUT2D eigenvalue weighted by Crippen LogP contribution is 2.31. The van der Waals surface area contributed by atoms with E-state index in [1.165, 1.54) is 18.2 Å². The van der Waals surface area contributed by atoms with Gasteiger partial charge in [-0.1, -0.05) is 18.2 Å². The first-order chi connectivity index (χ1) is 14.1. The number of anilines is 1. The molecule has 0 fully saturated rings. The van der Waals surface area contributed by atoms with Crippen molar-refractivity contribution in [2.24, 2.45) is 0 Å². The molecular weight excluding hydrogens is 378 g/mol. The molecule has 0 saturated heterocycles. The van der Waals surface area contributed by atoms with Crippen LogP contribution in [0.15, 0.2) is 48.8 Å². The van der Waals surface area contributed by atoms with E-state index in [1.807, 2.05) is 0 Å². The molecule has 3 rings (SSSR count). The quantitative estimate of drug-likeness (QED) is 0.518. The molecule has 1 aliphatic heterocycles. The summed E-state index contributed by atoms with van der Waals surface area (Å²) in [4.78, 5) is 42.6. The normalized spacial score (nSPS) is 13.8. The number of pyridine rings is 1. The van der Waals surface area contributed by atoms with Crippen LogP contribution in [0.25, 0.3) is 0 Å². The Balaban J connectivity index is 1.73. The molecule has 0 saturated carbocycles. The number of fused-ring (bicyclic) bond motifs is 1. The lowest BCUT2D eigenvalue weighted by Crippen LogP contribution is -2.43. The first-order valence-electron chi connectivity index (χ1n) is 8.98. The van der Waals surface area contributed by atoms with Crippen molar-refractivity contribution < 1.29 is 28.6 Å². The Labute approximate surface area is 167 Å². The number of methoxy groups -OCH3 is 1. The van der Waals surface area contributed by atoms with E-state index in [0.717, 1.165) is 0 Å². The van der Waals surface area contributed by atoms with E-state index < -0.39 is 18.0 Å². The number of hydrogen-bond donors (Lipinski definition) is 1. The van der Waals surface area contributed by atoms with Crippen molar-refractivity contribution in [3.63, 3.8) is 0 Å². The van der Waals surface area contributed by atoms with Gasteiger partial charge in [-0.15, -0.1) is 0 Å². The number of amides is 2. The highest BCUT2D eigenvalue weighted by molar-refractivity contribution is 6.01. The Bertz CT molecular complexity index is 874. The Morgan fingerprint density at radius 1 is 1.28 bits per heavy atom. The molecule has 152 valence electrons. The number of nitrogens with one attached hydrogen (secondary N) is 1. The van der Waals surface area contributed by atoms with E-state index in [2.05, 4.69) is 10.3 Å². The molecule has 1 atom stereocenters. The fourth-order valence-electron chi connectivity index (χ4n) is 2.80. The maximum Gasteiger partial charge on any atom is 0.327 e. The molecule has 29 heavy (non-hydrogen) atoms. The van der Waals surface area contributed by atoms with E-state index in [1.54, 1.807) is 42.6 Å². The van der Waals surface area contributed by atoms with Gasteiger partial charge < -0.3 is 19.5 Å². The number of hydrogen-bond acceptors (Lipinski definition) is 7. The van der Waals surface area contributed by atoms with Crippen LogP contribution in [0.2, 0.25) is 0 Å². The minimum atomic E-state index is -1.19. The lowest BCUT2D eigenvalue weighted by molar-refractivity contribution is -0.155. The highest BCUT2D eigenvalue weighted by atomic mass is 16.5. The van der Waals surface area contributed by atoms with Crippen LogP contribution < -0.4 is 15.0 Å². The third-order valence-electron chi connectivity index (χ3n) is 4.18. The summed E-state index contributed by atoms with van der Waals surface area (Å²) in [6, 6.07) is 10.2. The molecule has 9 heteroatoms. The topological polar surface area (TPSA) is 107 Å². The van der Waals surface area contributed by atoms with E-state index in [4.69, 9.17) is 14.2 Å². The average Bonchev–Trinajstić information content (AvgIpc) is 2.75. The minimum Gasteiger partial charge on any atom is -0.482 e. The first kappa shape index (κ1) is 20.3. The molecule has 2 aromatic rings. The van der Waals surface area contributed by atoms with Gasteiger partial charge in [0.05, 0.1) is 12.3 Å². The minimum absolute atomic E-state index is 0.173. The Morgan fingerprint density at radius 2 is 2.10 bits per heavy atom. The molecule has 0 spiro atoms. The molecule has 0 radical (unpaired) electrons. The molecule has 1 aromatic carbocycles. The molecule has 1 aliphatic rings. The lowest BCUT2D eigenvalue weighted by atomic mass is 10.1. The number of para-hydroxylation sites is 2. The van der Waals surface area contributed by atoms with Gasteiger partial charge in [0, 0.05) is 31.6 Å². The summed E-state index contributed by atoms with van der Waals surface area (Å²) in [7, 11) is 1.52. The van der Waals surface area contributed by atoms with Gasteiger partial charge in [-0.25, -0.2) is 0 Å². The van der Waals surface area contributed by atoms with Crippen molar-refractivity contribution in [2.75, 3.05) is 38.3 Å². The first-order valence-corrected chi connectivity index (χ1v) is 8.98. The molecule has 0 aliphatic carbocycles. The van der Waals surface area contributed by atoms with Gasteiger partial charge in [0.1, 0.15) is 12.3 Å². The zero-order valence-corrected chi connectivity index (χ0v) is 15.9. The average molecular weight is 399 g/mol. The summed E-state index contributed by atoms with van der Waals surface area (Å²) in [5, 5.41) is 2.65. The van der Waals surface area contributed by atoms with Gasteiger partial charge in [-0.3, -0.25) is 24.3 Å². The highest BCUT2D eigenvalue weighted by Gasteiger charge is 2.30. The van der Waals surface area contributed by atoms with E-state index >= 15 is 0 Å². The SMILES string of the molecule is COCCNC(=O)[C@H](OC(=O)CN1C(=O)COc2ccccc21)c1cccnc1. The van der Waals surface area contributed by atoms with E-state index in [9.17, 15) is 14.4 Å². The van der Waals surface area contributed by atoms with Crippen LogP contribution in [-0.2, 0) is 23.9 Å².